The van der Waals surface area contributed by atoms with Gasteiger partial charge in [-0.1, -0.05) is 48.9 Å². The highest BCUT2D eigenvalue weighted by atomic mass is 79.9. The van der Waals surface area contributed by atoms with Crippen LogP contribution in [0.1, 0.15) is 34.0 Å². The second kappa shape index (κ2) is 7.66. The van der Waals surface area contributed by atoms with Crippen molar-refractivity contribution in [1.29, 1.82) is 0 Å². The maximum absolute atomic E-state index is 12.4. The molecule has 2 aromatic carbocycles. The first kappa shape index (κ1) is 17.4. The molecule has 0 radical (unpaired) electrons. The zero-order valence-corrected chi connectivity index (χ0v) is 15.9. The van der Waals surface area contributed by atoms with E-state index in [0.717, 1.165) is 16.5 Å². The molecule has 0 spiro atoms. The number of rotatable bonds is 5. The van der Waals surface area contributed by atoms with Crippen molar-refractivity contribution in [1.82, 2.24) is 9.78 Å². The van der Waals surface area contributed by atoms with Crippen molar-refractivity contribution in [3.8, 4) is 0 Å². The molecule has 3 rings (SSSR count). The van der Waals surface area contributed by atoms with Crippen LogP contribution in [0.3, 0.4) is 0 Å². The summed E-state index contributed by atoms with van der Waals surface area (Å²) in [4.78, 5) is 12.4. The number of anilines is 1. The van der Waals surface area contributed by atoms with Gasteiger partial charge in [0.15, 0.2) is 5.82 Å². The third-order valence-electron chi connectivity index (χ3n) is 4.04. The Balaban J connectivity index is 1.71. The SMILES string of the molecule is CCc1ccc(C(=O)Nc2nn(Cc3ccc(C)cc3)cc2Br)cc1. The number of nitrogens with zero attached hydrogens (tertiary/aromatic N) is 2. The lowest BCUT2D eigenvalue weighted by Gasteiger charge is -2.04. The lowest BCUT2D eigenvalue weighted by Crippen LogP contribution is -2.13. The van der Waals surface area contributed by atoms with Gasteiger partial charge >= 0.3 is 0 Å². The minimum atomic E-state index is -0.163. The minimum absolute atomic E-state index is 0.163. The lowest BCUT2D eigenvalue weighted by atomic mass is 10.1. The smallest absolute Gasteiger partial charge is 0.256 e. The van der Waals surface area contributed by atoms with Crippen LogP contribution in [-0.4, -0.2) is 15.7 Å². The molecule has 0 fully saturated rings. The predicted octanol–water partition coefficient (Wildman–Crippen LogP) is 4.82. The van der Waals surface area contributed by atoms with E-state index >= 15 is 0 Å². The number of benzene rings is 2. The second-order valence-corrected chi connectivity index (χ2v) is 6.87. The fourth-order valence-corrected chi connectivity index (χ4v) is 2.93. The van der Waals surface area contributed by atoms with Gasteiger partial charge in [-0.25, -0.2) is 0 Å². The van der Waals surface area contributed by atoms with Gasteiger partial charge in [0.1, 0.15) is 0 Å². The predicted molar refractivity (Wildman–Crippen MR) is 104 cm³/mol. The maximum Gasteiger partial charge on any atom is 0.256 e. The van der Waals surface area contributed by atoms with Crippen LogP contribution < -0.4 is 5.32 Å². The van der Waals surface area contributed by atoms with Crippen molar-refractivity contribution in [3.05, 3.63) is 81.5 Å². The van der Waals surface area contributed by atoms with Crippen molar-refractivity contribution in [2.75, 3.05) is 5.32 Å². The average Bonchev–Trinajstić information content (AvgIpc) is 2.96. The summed E-state index contributed by atoms with van der Waals surface area (Å²) in [7, 11) is 0. The van der Waals surface area contributed by atoms with Crippen molar-refractivity contribution in [2.45, 2.75) is 26.8 Å². The first-order valence-corrected chi connectivity index (χ1v) is 9.03. The molecule has 128 valence electrons. The number of hydrogen-bond acceptors (Lipinski definition) is 2. The van der Waals surface area contributed by atoms with E-state index in [4.69, 9.17) is 0 Å². The fraction of sp³-hybridized carbons (Fsp3) is 0.200. The zero-order chi connectivity index (χ0) is 17.8. The molecule has 3 aromatic rings. The summed E-state index contributed by atoms with van der Waals surface area (Å²) in [6.07, 6.45) is 2.83. The monoisotopic (exact) mass is 397 g/mol. The van der Waals surface area contributed by atoms with Crippen molar-refractivity contribution in [3.63, 3.8) is 0 Å². The molecule has 1 heterocycles. The summed E-state index contributed by atoms with van der Waals surface area (Å²) in [5.74, 6) is 0.362. The Hall–Kier alpha value is -2.40. The molecule has 0 saturated carbocycles. The minimum Gasteiger partial charge on any atom is -0.304 e. The van der Waals surface area contributed by atoms with E-state index in [1.54, 1.807) is 0 Å². The van der Waals surface area contributed by atoms with Crippen LogP contribution in [0.5, 0.6) is 0 Å². The van der Waals surface area contributed by atoms with E-state index in [2.05, 4.69) is 64.5 Å². The largest absolute Gasteiger partial charge is 0.304 e. The molecule has 0 bridgehead atoms. The fourth-order valence-electron chi connectivity index (χ4n) is 2.51. The molecular formula is C20H20BrN3O. The van der Waals surface area contributed by atoms with E-state index in [1.165, 1.54) is 11.1 Å². The van der Waals surface area contributed by atoms with Crippen LogP contribution in [0.4, 0.5) is 5.82 Å². The summed E-state index contributed by atoms with van der Waals surface area (Å²) < 4.78 is 2.57. The molecule has 5 heteroatoms. The summed E-state index contributed by atoms with van der Waals surface area (Å²) in [6.45, 7) is 4.81. The van der Waals surface area contributed by atoms with E-state index in [0.29, 0.717) is 17.9 Å². The van der Waals surface area contributed by atoms with Crippen molar-refractivity contribution in [2.24, 2.45) is 0 Å². The van der Waals surface area contributed by atoms with Crippen LogP contribution in [0.25, 0.3) is 0 Å². The van der Waals surface area contributed by atoms with Gasteiger partial charge in [0.2, 0.25) is 0 Å². The highest BCUT2D eigenvalue weighted by Crippen LogP contribution is 2.21. The maximum atomic E-state index is 12.4. The van der Waals surface area contributed by atoms with Gasteiger partial charge in [0, 0.05) is 11.8 Å². The Bertz CT molecular complexity index is 867. The van der Waals surface area contributed by atoms with E-state index < -0.39 is 0 Å². The van der Waals surface area contributed by atoms with E-state index in [9.17, 15) is 4.79 Å². The molecule has 1 N–H and O–H groups in total. The third-order valence-corrected chi connectivity index (χ3v) is 4.62. The normalized spacial score (nSPS) is 10.7. The molecule has 25 heavy (non-hydrogen) atoms. The van der Waals surface area contributed by atoms with Gasteiger partial charge in [0.25, 0.3) is 5.91 Å². The van der Waals surface area contributed by atoms with Crippen LogP contribution >= 0.6 is 15.9 Å². The Labute approximate surface area is 156 Å². The second-order valence-electron chi connectivity index (χ2n) is 6.01. The van der Waals surface area contributed by atoms with Gasteiger partial charge in [0.05, 0.1) is 11.0 Å². The number of amides is 1. The third kappa shape index (κ3) is 4.37. The molecule has 0 atom stereocenters. The van der Waals surface area contributed by atoms with Crippen LogP contribution in [0, 0.1) is 6.92 Å². The summed E-state index contributed by atoms with van der Waals surface area (Å²) >= 11 is 3.47. The molecule has 0 aliphatic carbocycles. The number of aryl methyl sites for hydroxylation is 2. The van der Waals surface area contributed by atoms with Crippen molar-refractivity contribution < 1.29 is 4.79 Å². The first-order chi connectivity index (χ1) is 12.0. The van der Waals surface area contributed by atoms with E-state index in [1.807, 2.05) is 35.1 Å². The number of aromatic nitrogens is 2. The topological polar surface area (TPSA) is 46.9 Å². The summed E-state index contributed by atoms with van der Waals surface area (Å²) in [5, 5.41) is 7.33. The highest BCUT2D eigenvalue weighted by Gasteiger charge is 2.12. The van der Waals surface area contributed by atoms with Crippen LogP contribution in [0.2, 0.25) is 0 Å². The number of carbonyl (C=O) groups excluding carboxylic acids is 1. The number of nitrogens with one attached hydrogen (secondary N) is 1. The molecule has 0 aliphatic heterocycles. The van der Waals surface area contributed by atoms with Crippen molar-refractivity contribution >= 4 is 27.7 Å². The number of hydrogen-bond donors (Lipinski definition) is 1. The molecule has 0 unspecified atom stereocenters. The van der Waals surface area contributed by atoms with E-state index in [-0.39, 0.29) is 5.91 Å². The highest BCUT2D eigenvalue weighted by molar-refractivity contribution is 9.10. The zero-order valence-electron chi connectivity index (χ0n) is 14.3. The quantitative estimate of drug-likeness (QED) is 0.670. The summed E-state index contributed by atoms with van der Waals surface area (Å²) in [5.41, 5.74) is 4.22. The molecule has 1 aromatic heterocycles. The molecule has 4 nitrogen and oxygen atoms in total. The molecular weight excluding hydrogens is 378 g/mol. The average molecular weight is 398 g/mol. The Morgan fingerprint density at radius 3 is 2.36 bits per heavy atom. The molecule has 1 amide bonds. The van der Waals surface area contributed by atoms with Crippen LogP contribution in [-0.2, 0) is 13.0 Å². The summed E-state index contributed by atoms with van der Waals surface area (Å²) in [6, 6.07) is 15.9. The Morgan fingerprint density at radius 2 is 1.72 bits per heavy atom. The van der Waals surface area contributed by atoms with Gasteiger partial charge in [-0.15, -0.1) is 0 Å². The molecule has 0 saturated heterocycles. The lowest BCUT2D eigenvalue weighted by molar-refractivity contribution is 0.102. The van der Waals surface area contributed by atoms with Gasteiger partial charge < -0.3 is 5.32 Å². The standard InChI is InChI=1S/C20H20BrN3O/c1-3-15-8-10-17(11-9-15)20(25)22-19-18(21)13-24(23-19)12-16-6-4-14(2)5-7-16/h4-11,13H,3,12H2,1-2H3,(H,22,23,25). The number of carbonyl (C=O) groups is 1. The van der Waals surface area contributed by atoms with Crippen LogP contribution in [0.15, 0.2) is 59.2 Å². The first-order valence-electron chi connectivity index (χ1n) is 8.24. The van der Waals surface area contributed by atoms with Gasteiger partial charge in [-0.3, -0.25) is 9.48 Å². The van der Waals surface area contributed by atoms with Gasteiger partial charge in [-0.2, -0.15) is 5.10 Å². The Morgan fingerprint density at radius 1 is 1.08 bits per heavy atom. The Kier molecular flexibility index (Phi) is 5.34. The number of halogens is 1. The van der Waals surface area contributed by atoms with Gasteiger partial charge in [-0.05, 0) is 52.5 Å². The molecule has 0 aliphatic rings.